The third kappa shape index (κ3) is 3.88. The van der Waals surface area contributed by atoms with Gasteiger partial charge in [0, 0.05) is 24.5 Å². The number of aromatic nitrogens is 1. The van der Waals surface area contributed by atoms with Crippen LogP contribution in [0.1, 0.15) is 32.0 Å². The molecule has 0 bridgehead atoms. The smallest absolute Gasteiger partial charge is 0.396 e. The van der Waals surface area contributed by atoms with E-state index in [1.54, 1.807) is 17.6 Å². The summed E-state index contributed by atoms with van der Waals surface area (Å²) < 4.78 is 67.0. The quantitative estimate of drug-likeness (QED) is 0.743. The molecule has 0 saturated heterocycles. The van der Waals surface area contributed by atoms with Gasteiger partial charge in [0.15, 0.2) is 0 Å². The SMILES string of the molecule is CCN(C1C=CC(c2c(N)c3ccc(C(F)(F)F)cc3n2CC)=CC1C)S(C)(=O)=O. The van der Waals surface area contributed by atoms with Gasteiger partial charge in [0.1, 0.15) is 0 Å². The highest BCUT2D eigenvalue weighted by molar-refractivity contribution is 7.88. The summed E-state index contributed by atoms with van der Waals surface area (Å²) in [5.41, 5.74) is 7.90. The molecular formula is C21H26F3N3O2S. The zero-order valence-electron chi connectivity index (χ0n) is 17.4. The summed E-state index contributed by atoms with van der Waals surface area (Å²) in [5, 5.41) is 0.565. The summed E-state index contributed by atoms with van der Waals surface area (Å²) in [7, 11) is -3.37. The second-order valence-electron chi connectivity index (χ2n) is 7.53. The predicted molar refractivity (Wildman–Crippen MR) is 114 cm³/mol. The maximum atomic E-state index is 13.2. The van der Waals surface area contributed by atoms with Crippen molar-refractivity contribution >= 4 is 32.2 Å². The van der Waals surface area contributed by atoms with Crippen molar-refractivity contribution in [2.45, 2.75) is 39.5 Å². The van der Waals surface area contributed by atoms with E-state index in [-0.39, 0.29) is 12.0 Å². The second kappa shape index (κ2) is 7.77. The summed E-state index contributed by atoms with van der Waals surface area (Å²) in [5.74, 6) is -0.131. The molecule has 0 saturated carbocycles. The molecule has 164 valence electrons. The van der Waals surface area contributed by atoms with Gasteiger partial charge in [-0.3, -0.25) is 0 Å². The number of hydrogen-bond acceptors (Lipinski definition) is 3. The minimum Gasteiger partial charge on any atom is -0.396 e. The van der Waals surface area contributed by atoms with Crippen LogP contribution in [0.5, 0.6) is 0 Å². The summed E-state index contributed by atoms with van der Waals surface area (Å²) in [6, 6.07) is 3.24. The molecule has 1 aromatic carbocycles. The van der Waals surface area contributed by atoms with Crippen LogP contribution in [0.25, 0.3) is 16.5 Å². The van der Waals surface area contributed by atoms with Gasteiger partial charge < -0.3 is 10.3 Å². The second-order valence-corrected chi connectivity index (χ2v) is 9.47. The van der Waals surface area contributed by atoms with Gasteiger partial charge in [0.25, 0.3) is 0 Å². The number of aryl methyl sites for hydroxylation is 1. The van der Waals surface area contributed by atoms with Gasteiger partial charge in [-0.15, -0.1) is 0 Å². The van der Waals surface area contributed by atoms with Gasteiger partial charge in [-0.1, -0.05) is 38.1 Å². The molecule has 30 heavy (non-hydrogen) atoms. The first kappa shape index (κ1) is 22.4. The molecular weight excluding hydrogens is 415 g/mol. The van der Waals surface area contributed by atoms with E-state index >= 15 is 0 Å². The van der Waals surface area contributed by atoms with Gasteiger partial charge >= 0.3 is 6.18 Å². The molecule has 1 aromatic heterocycles. The molecule has 0 radical (unpaired) electrons. The number of nitrogens with zero attached hydrogens (tertiary/aromatic N) is 2. The highest BCUT2D eigenvalue weighted by Crippen LogP contribution is 2.39. The van der Waals surface area contributed by atoms with E-state index in [2.05, 4.69) is 0 Å². The normalized spacial score (nSPS) is 20.2. The highest BCUT2D eigenvalue weighted by Gasteiger charge is 2.32. The standard InChI is InChI=1S/C21H26F3N3O2S/c1-5-26-18-12-15(21(22,23)24)8-9-16(18)19(25)20(26)14-7-10-17(13(3)11-14)27(6-2)30(4,28)29/h7-13,17H,5-6,25H2,1-4H3. The molecule has 0 amide bonds. The number of anilines is 1. The van der Waals surface area contributed by atoms with Crippen LogP contribution < -0.4 is 5.73 Å². The highest BCUT2D eigenvalue weighted by atomic mass is 32.2. The Morgan fingerprint density at radius 1 is 1.23 bits per heavy atom. The van der Waals surface area contributed by atoms with E-state index in [0.29, 0.717) is 35.4 Å². The molecule has 2 atom stereocenters. The van der Waals surface area contributed by atoms with Crippen LogP contribution in [-0.2, 0) is 22.7 Å². The topological polar surface area (TPSA) is 68.3 Å². The number of hydrogen-bond donors (Lipinski definition) is 1. The molecule has 1 heterocycles. The number of likely N-dealkylation sites (N-methyl/N-ethyl adjacent to an activating group) is 1. The number of alkyl halides is 3. The summed E-state index contributed by atoms with van der Waals surface area (Å²) in [6.45, 7) is 6.34. The zero-order chi connectivity index (χ0) is 22.4. The fraction of sp³-hybridized carbons (Fsp3) is 0.429. The van der Waals surface area contributed by atoms with Crippen LogP contribution in [0.4, 0.5) is 18.9 Å². The predicted octanol–water partition coefficient (Wildman–Crippen LogP) is 4.50. The van der Waals surface area contributed by atoms with Crippen molar-refractivity contribution in [1.82, 2.24) is 8.87 Å². The number of sulfonamides is 1. The third-order valence-electron chi connectivity index (χ3n) is 5.55. The van der Waals surface area contributed by atoms with E-state index in [9.17, 15) is 21.6 Å². The molecule has 5 nitrogen and oxygen atoms in total. The number of allylic oxidation sites excluding steroid dienone is 2. The first-order valence-electron chi connectivity index (χ1n) is 9.76. The van der Waals surface area contributed by atoms with Gasteiger partial charge in [-0.05, 0) is 30.5 Å². The fourth-order valence-electron chi connectivity index (χ4n) is 4.19. The first-order valence-corrected chi connectivity index (χ1v) is 11.6. The van der Waals surface area contributed by atoms with E-state index < -0.39 is 21.8 Å². The molecule has 3 rings (SSSR count). The Kier molecular flexibility index (Phi) is 5.81. The number of halogens is 3. The Morgan fingerprint density at radius 2 is 1.90 bits per heavy atom. The molecule has 1 aliphatic rings. The summed E-state index contributed by atoms with van der Waals surface area (Å²) in [4.78, 5) is 0. The number of nitrogen functional groups attached to an aromatic ring is 1. The molecule has 0 fully saturated rings. The van der Waals surface area contributed by atoms with Crippen molar-refractivity contribution in [1.29, 1.82) is 0 Å². The Hall–Kier alpha value is -2.26. The summed E-state index contributed by atoms with van der Waals surface area (Å²) >= 11 is 0. The summed E-state index contributed by atoms with van der Waals surface area (Å²) in [6.07, 6.45) is 2.30. The number of benzene rings is 1. The van der Waals surface area contributed by atoms with Gasteiger partial charge in [0.2, 0.25) is 10.0 Å². The van der Waals surface area contributed by atoms with E-state index in [0.717, 1.165) is 17.7 Å². The van der Waals surface area contributed by atoms with Gasteiger partial charge in [-0.25, -0.2) is 8.42 Å². The minimum atomic E-state index is -4.44. The molecule has 2 N–H and O–H groups in total. The average molecular weight is 442 g/mol. The van der Waals surface area contributed by atoms with Crippen LogP contribution in [0, 0.1) is 5.92 Å². The number of rotatable bonds is 5. The monoisotopic (exact) mass is 441 g/mol. The van der Waals surface area contributed by atoms with Crippen molar-refractivity contribution in [3.63, 3.8) is 0 Å². The number of nitrogens with two attached hydrogens (primary N) is 1. The lowest BCUT2D eigenvalue weighted by atomic mass is 9.91. The van der Waals surface area contributed by atoms with Crippen LogP contribution in [0.3, 0.4) is 0 Å². The van der Waals surface area contributed by atoms with Crippen LogP contribution >= 0.6 is 0 Å². The van der Waals surface area contributed by atoms with Crippen molar-refractivity contribution in [2.24, 2.45) is 5.92 Å². The Balaban J connectivity index is 2.11. The van der Waals surface area contributed by atoms with Crippen molar-refractivity contribution in [3.8, 4) is 0 Å². The molecule has 2 aromatic rings. The van der Waals surface area contributed by atoms with Crippen LogP contribution in [-0.4, -0.2) is 36.1 Å². The maximum absolute atomic E-state index is 13.2. The maximum Gasteiger partial charge on any atom is 0.416 e. The van der Waals surface area contributed by atoms with Crippen molar-refractivity contribution in [3.05, 3.63) is 47.7 Å². The lowest BCUT2D eigenvalue weighted by Gasteiger charge is -2.32. The molecule has 0 spiro atoms. The van der Waals surface area contributed by atoms with Crippen molar-refractivity contribution < 1.29 is 21.6 Å². The Morgan fingerprint density at radius 3 is 2.40 bits per heavy atom. The van der Waals surface area contributed by atoms with Gasteiger partial charge in [0.05, 0.1) is 28.7 Å². The lowest BCUT2D eigenvalue weighted by Crippen LogP contribution is -2.42. The zero-order valence-corrected chi connectivity index (χ0v) is 18.2. The van der Waals surface area contributed by atoms with Crippen molar-refractivity contribution in [2.75, 3.05) is 18.5 Å². The molecule has 9 heteroatoms. The average Bonchev–Trinajstić information content (AvgIpc) is 2.93. The third-order valence-corrected chi connectivity index (χ3v) is 6.90. The largest absolute Gasteiger partial charge is 0.416 e. The number of fused-ring (bicyclic) bond motifs is 1. The molecule has 0 aliphatic heterocycles. The molecule has 2 unspecified atom stereocenters. The Bertz CT molecular complexity index is 1130. The van der Waals surface area contributed by atoms with Gasteiger partial charge in [-0.2, -0.15) is 17.5 Å². The Labute approximate surface area is 174 Å². The minimum absolute atomic E-state index is 0.131. The van der Waals surface area contributed by atoms with Crippen LogP contribution in [0.2, 0.25) is 0 Å². The van der Waals surface area contributed by atoms with E-state index in [1.165, 1.54) is 16.6 Å². The first-order chi connectivity index (χ1) is 13.9. The van der Waals surface area contributed by atoms with Crippen LogP contribution in [0.15, 0.2) is 36.4 Å². The van der Waals surface area contributed by atoms with E-state index in [4.69, 9.17) is 5.73 Å². The van der Waals surface area contributed by atoms with E-state index in [1.807, 2.05) is 26.0 Å². The lowest BCUT2D eigenvalue weighted by molar-refractivity contribution is -0.137. The molecule has 1 aliphatic carbocycles. The fourth-order valence-corrected chi connectivity index (χ4v) is 5.36.